The second kappa shape index (κ2) is 12.7. The summed E-state index contributed by atoms with van der Waals surface area (Å²) >= 11 is 0. The van der Waals surface area contributed by atoms with E-state index < -0.39 is 0 Å². The molecule has 0 spiro atoms. The first-order valence-electron chi connectivity index (χ1n) is 16.1. The second-order valence-electron chi connectivity index (χ2n) is 11.7. The van der Waals surface area contributed by atoms with E-state index in [0.717, 1.165) is 17.1 Å². The quantitative estimate of drug-likeness (QED) is 0.176. The highest BCUT2D eigenvalue weighted by molar-refractivity contribution is 6.00. The first kappa shape index (κ1) is 28.3. The Labute approximate surface area is 276 Å². The van der Waals surface area contributed by atoms with Gasteiger partial charge in [0.05, 0.1) is 11.4 Å². The van der Waals surface area contributed by atoms with Gasteiger partial charge in [0, 0.05) is 16.8 Å². The summed E-state index contributed by atoms with van der Waals surface area (Å²) in [6, 6.07) is 71.8. The summed E-state index contributed by atoms with van der Waals surface area (Å²) in [6.45, 7) is 0. The Hall–Kier alpha value is -6.18. The van der Waals surface area contributed by atoms with E-state index in [2.05, 4.69) is 205 Å². The predicted molar refractivity (Wildman–Crippen MR) is 200 cm³/mol. The zero-order valence-corrected chi connectivity index (χ0v) is 26.0. The number of hydrogen-bond donors (Lipinski definition) is 0. The van der Waals surface area contributed by atoms with E-state index in [4.69, 9.17) is 0 Å². The molecule has 0 aromatic heterocycles. The van der Waals surface area contributed by atoms with Crippen molar-refractivity contribution < 1.29 is 0 Å². The van der Waals surface area contributed by atoms with Gasteiger partial charge >= 0.3 is 0 Å². The standard InChI is InChI=1S/C46H33N/c1-3-17-34(18-4-1)40-26-9-10-28-43(40)44-29-12-14-32-46(44)47(45-31-13-11-27-42(45)36-19-5-2-6-20-36)38-24-15-23-37(33-38)41-30-16-22-35-21-7-8-25-39(35)41/h1-33H. The van der Waals surface area contributed by atoms with Crippen LogP contribution in [0.25, 0.3) is 55.3 Å². The molecule has 0 fully saturated rings. The van der Waals surface area contributed by atoms with Gasteiger partial charge in [-0.1, -0.05) is 176 Å². The summed E-state index contributed by atoms with van der Waals surface area (Å²) in [5, 5.41) is 2.49. The molecule has 0 aliphatic rings. The van der Waals surface area contributed by atoms with E-state index in [-0.39, 0.29) is 0 Å². The molecule has 0 saturated carbocycles. The van der Waals surface area contributed by atoms with E-state index in [1.165, 1.54) is 55.3 Å². The van der Waals surface area contributed by atoms with E-state index in [0.29, 0.717) is 0 Å². The lowest BCUT2D eigenvalue weighted by Gasteiger charge is -2.30. The summed E-state index contributed by atoms with van der Waals surface area (Å²) in [5.74, 6) is 0. The molecular formula is C46H33N. The maximum atomic E-state index is 2.44. The smallest absolute Gasteiger partial charge is 0.0540 e. The lowest BCUT2D eigenvalue weighted by atomic mass is 9.92. The predicted octanol–water partition coefficient (Wildman–Crippen LogP) is 13.0. The number of rotatable bonds is 7. The molecule has 0 amide bonds. The number of benzene rings is 8. The van der Waals surface area contributed by atoms with Crippen molar-refractivity contribution in [2.24, 2.45) is 0 Å². The molecule has 8 aromatic carbocycles. The normalized spacial score (nSPS) is 11.0. The third-order valence-electron chi connectivity index (χ3n) is 8.88. The van der Waals surface area contributed by atoms with Gasteiger partial charge in [0.2, 0.25) is 0 Å². The molecule has 0 radical (unpaired) electrons. The van der Waals surface area contributed by atoms with Crippen molar-refractivity contribution in [3.8, 4) is 44.5 Å². The molecule has 1 heteroatoms. The molecular weight excluding hydrogens is 567 g/mol. The van der Waals surface area contributed by atoms with Gasteiger partial charge in [0.25, 0.3) is 0 Å². The van der Waals surface area contributed by atoms with Crippen LogP contribution in [0.15, 0.2) is 200 Å². The zero-order chi connectivity index (χ0) is 31.4. The molecule has 1 nitrogen and oxygen atoms in total. The lowest BCUT2D eigenvalue weighted by molar-refractivity contribution is 1.28. The van der Waals surface area contributed by atoms with Crippen LogP contribution in [-0.2, 0) is 0 Å². The average Bonchev–Trinajstić information content (AvgIpc) is 3.16. The molecule has 0 bridgehead atoms. The number of nitrogens with zero attached hydrogens (tertiary/aromatic N) is 1. The minimum absolute atomic E-state index is 1.10. The van der Waals surface area contributed by atoms with Crippen molar-refractivity contribution >= 4 is 27.8 Å². The molecule has 8 rings (SSSR count). The minimum Gasteiger partial charge on any atom is -0.309 e. The largest absolute Gasteiger partial charge is 0.309 e. The van der Waals surface area contributed by atoms with Gasteiger partial charge in [0.15, 0.2) is 0 Å². The SMILES string of the molecule is c1ccc(-c2ccccc2-c2ccccc2N(c2cccc(-c3cccc4ccccc34)c2)c2ccccc2-c2ccccc2)cc1. The molecule has 8 aromatic rings. The van der Waals surface area contributed by atoms with Crippen LogP contribution in [0.5, 0.6) is 0 Å². The summed E-state index contributed by atoms with van der Waals surface area (Å²) in [5.41, 5.74) is 12.9. The molecule has 0 N–H and O–H groups in total. The molecule has 0 aliphatic carbocycles. The van der Waals surface area contributed by atoms with Crippen LogP contribution in [0.4, 0.5) is 17.1 Å². The summed E-state index contributed by atoms with van der Waals surface area (Å²) in [4.78, 5) is 2.44. The van der Waals surface area contributed by atoms with Gasteiger partial charge < -0.3 is 4.90 Å². The highest BCUT2D eigenvalue weighted by atomic mass is 15.1. The van der Waals surface area contributed by atoms with Crippen molar-refractivity contribution in [3.63, 3.8) is 0 Å². The molecule has 0 unspecified atom stereocenters. The second-order valence-corrected chi connectivity index (χ2v) is 11.7. The number of hydrogen-bond acceptors (Lipinski definition) is 1. The van der Waals surface area contributed by atoms with Crippen molar-refractivity contribution in [1.82, 2.24) is 0 Å². The number of para-hydroxylation sites is 2. The average molecular weight is 600 g/mol. The van der Waals surface area contributed by atoms with E-state index in [1.807, 2.05) is 0 Å². The van der Waals surface area contributed by atoms with Crippen molar-refractivity contribution in [2.75, 3.05) is 4.90 Å². The Bertz CT molecular complexity index is 2300. The lowest BCUT2D eigenvalue weighted by Crippen LogP contribution is -2.12. The molecule has 0 aliphatic heterocycles. The Balaban J connectivity index is 1.38. The fraction of sp³-hybridized carbons (Fsp3) is 0. The highest BCUT2D eigenvalue weighted by Gasteiger charge is 2.22. The van der Waals surface area contributed by atoms with Gasteiger partial charge in [-0.25, -0.2) is 0 Å². The first-order valence-corrected chi connectivity index (χ1v) is 16.1. The van der Waals surface area contributed by atoms with Gasteiger partial charge in [-0.05, 0) is 68.4 Å². The highest BCUT2D eigenvalue weighted by Crippen LogP contribution is 2.47. The Kier molecular flexibility index (Phi) is 7.63. The van der Waals surface area contributed by atoms with Crippen LogP contribution in [0.1, 0.15) is 0 Å². The van der Waals surface area contributed by atoms with Crippen LogP contribution in [0, 0.1) is 0 Å². The fourth-order valence-electron chi connectivity index (χ4n) is 6.71. The number of anilines is 3. The Morgan fingerprint density at radius 3 is 1.49 bits per heavy atom. The minimum atomic E-state index is 1.10. The topological polar surface area (TPSA) is 3.24 Å². The van der Waals surface area contributed by atoms with E-state index in [1.54, 1.807) is 0 Å². The van der Waals surface area contributed by atoms with Crippen LogP contribution in [-0.4, -0.2) is 0 Å². The van der Waals surface area contributed by atoms with Gasteiger partial charge in [-0.15, -0.1) is 0 Å². The summed E-state index contributed by atoms with van der Waals surface area (Å²) in [6.07, 6.45) is 0. The Morgan fingerprint density at radius 2 is 0.745 bits per heavy atom. The van der Waals surface area contributed by atoms with Gasteiger partial charge in [-0.3, -0.25) is 0 Å². The molecule has 0 atom stereocenters. The molecule has 47 heavy (non-hydrogen) atoms. The monoisotopic (exact) mass is 599 g/mol. The zero-order valence-electron chi connectivity index (χ0n) is 26.0. The van der Waals surface area contributed by atoms with Crippen molar-refractivity contribution in [2.45, 2.75) is 0 Å². The van der Waals surface area contributed by atoms with Crippen LogP contribution >= 0.6 is 0 Å². The van der Waals surface area contributed by atoms with Crippen molar-refractivity contribution in [3.05, 3.63) is 200 Å². The van der Waals surface area contributed by atoms with Crippen molar-refractivity contribution in [1.29, 1.82) is 0 Å². The maximum absolute atomic E-state index is 2.44. The van der Waals surface area contributed by atoms with Gasteiger partial charge in [0.1, 0.15) is 0 Å². The summed E-state index contributed by atoms with van der Waals surface area (Å²) < 4.78 is 0. The van der Waals surface area contributed by atoms with Gasteiger partial charge in [-0.2, -0.15) is 0 Å². The van der Waals surface area contributed by atoms with E-state index >= 15 is 0 Å². The van der Waals surface area contributed by atoms with Crippen LogP contribution < -0.4 is 4.90 Å². The molecule has 0 heterocycles. The molecule has 222 valence electrons. The van der Waals surface area contributed by atoms with E-state index in [9.17, 15) is 0 Å². The summed E-state index contributed by atoms with van der Waals surface area (Å²) in [7, 11) is 0. The maximum Gasteiger partial charge on any atom is 0.0540 e. The fourth-order valence-corrected chi connectivity index (χ4v) is 6.71. The number of fused-ring (bicyclic) bond motifs is 1. The third-order valence-corrected chi connectivity index (χ3v) is 8.88. The molecule has 0 saturated heterocycles. The van der Waals surface area contributed by atoms with Crippen LogP contribution in [0.2, 0.25) is 0 Å². The Morgan fingerprint density at radius 1 is 0.277 bits per heavy atom. The third kappa shape index (κ3) is 5.49. The van der Waals surface area contributed by atoms with Crippen LogP contribution in [0.3, 0.4) is 0 Å². The first-order chi connectivity index (χ1) is 23.3.